The summed E-state index contributed by atoms with van der Waals surface area (Å²) in [4.78, 5) is 12.9. The monoisotopic (exact) mass is 409 g/mol. The van der Waals surface area contributed by atoms with Gasteiger partial charge in [0, 0.05) is 43.5 Å². The van der Waals surface area contributed by atoms with E-state index in [0.717, 1.165) is 36.9 Å². The molecular formula is C18H20ClN3O4S. The molecule has 0 amide bonds. The maximum Gasteiger partial charge on any atom is 0.293 e. The predicted molar refractivity (Wildman–Crippen MR) is 105 cm³/mol. The van der Waals surface area contributed by atoms with E-state index in [4.69, 9.17) is 11.6 Å². The van der Waals surface area contributed by atoms with Gasteiger partial charge in [0.1, 0.15) is 5.69 Å². The van der Waals surface area contributed by atoms with Crippen LogP contribution in [0, 0.1) is 10.1 Å². The van der Waals surface area contributed by atoms with Crippen molar-refractivity contribution in [3.05, 3.63) is 62.7 Å². The van der Waals surface area contributed by atoms with Gasteiger partial charge in [-0.05, 0) is 35.7 Å². The fourth-order valence-corrected chi connectivity index (χ4v) is 4.13. The summed E-state index contributed by atoms with van der Waals surface area (Å²) in [5, 5.41) is 15.1. The van der Waals surface area contributed by atoms with E-state index in [1.54, 1.807) is 0 Å². The second kappa shape index (κ2) is 7.84. The largest absolute Gasteiger partial charge is 0.378 e. The van der Waals surface area contributed by atoms with Gasteiger partial charge in [-0.1, -0.05) is 23.7 Å². The van der Waals surface area contributed by atoms with Gasteiger partial charge < -0.3 is 5.32 Å². The van der Waals surface area contributed by atoms with E-state index < -0.39 is 14.8 Å². The van der Waals surface area contributed by atoms with Crippen molar-refractivity contribution < 1.29 is 13.3 Å². The Bertz CT molecular complexity index is 979. The Balaban J connectivity index is 1.65. The number of sulfone groups is 1. The van der Waals surface area contributed by atoms with Crippen molar-refractivity contribution in [3.8, 4) is 0 Å². The lowest BCUT2D eigenvalue weighted by molar-refractivity contribution is -0.384. The van der Waals surface area contributed by atoms with Crippen molar-refractivity contribution in [2.45, 2.75) is 17.9 Å². The molecule has 0 saturated carbocycles. The molecule has 144 valence electrons. The van der Waals surface area contributed by atoms with Crippen molar-refractivity contribution in [2.24, 2.45) is 0 Å². The first-order chi connectivity index (χ1) is 12.8. The van der Waals surface area contributed by atoms with Crippen molar-refractivity contribution in [1.82, 2.24) is 4.90 Å². The summed E-state index contributed by atoms with van der Waals surface area (Å²) in [6, 6.07) is 9.82. The number of nitro groups is 1. The molecule has 9 heteroatoms. The average Bonchev–Trinajstić information content (AvgIpc) is 2.61. The van der Waals surface area contributed by atoms with E-state index in [1.165, 1.54) is 23.3 Å². The van der Waals surface area contributed by atoms with Crippen molar-refractivity contribution in [2.75, 3.05) is 31.2 Å². The van der Waals surface area contributed by atoms with Crippen LogP contribution in [0.15, 0.2) is 41.3 Å². The van der Waals surface area contributed by atoms with Crippen molar-refractivity contribution in [3.63, 3.8) is 0 Å². The highest BCUT2D eigenvalue weighted by molar-refractivity contribution is 7.90. The zero-order valence-electron chi connectivity index (χ0n) is 14.8. The van der Waals surface area contributed by atoms with Gasteiger partial charge in [-0.2, -0.15) is 0 Å². The Labute approximate surface area is 163 Å². The maximum absolute atomic E-state index is 11.6. The number of hydrogen-bond acceptors (Lipinski definition) is 6. The van der Waals surface area contributed by atoms with Crippen LogP contribution in [0.2, 0.25) is 5.02 Å². The molecular weight excluding hydrogens is 390 g/mol. The van der Waals surface area contributed by atoms with Gasteiger partial charge in [-0.15, -0.1) is 0 Å². The minimum atomic E-state index is -3.50. The van der Waals surface area contributed by atoms with Crippen molar-refractivity contribution >= 4 is 32.8 Å². The molecule has 0 bridgehead atoms. The highest BCUT2D eigenvalue weighted by Crippen LogP contribution is 2.28. The Morgan fingerprint density at radius 3 is 2.78 bits per heavy atom. The number of nitrogens with zero attached hydrogens (tertiary/aromatic N) is 2. The summed E-state index contributed by atoms with van der Waals surface area (Å²) in [7, 11) is -3.50. The standard InChI is InChI=1S/C18H20ClN3O4S/c1-27(25,26)14-5-6-17(18(11-14)22(23)24)20-8-10-21-9-7-15-13(12-21)3-2-4-16(15)19/h2-6,11,20H,7-10,12H2,1H3. The van der Waals surface area contributed by atoms with Gasteiger partial charge in [0.25, 0.3) is 5.69 Å². The number of nitro benzene ring substituents is 1. The fourth-order valence-electron chi connectivity index (χ4n) is 3.20. The summed E-state index contributed by atoms with van der Waals surface area (Å²) >= 11 is 6.23. The smallest absolute Gasteiger partial charge is 0.293 e. The summed E-state index contributed by atoms with van der Waals surface area (Å²) < 4.78 is 23.2. The molecule has 2 aromatic rings. The van der Waals surface area contributed by atoms with E-state index in [-0.39, 0.29) is 10.6 Å². The highest BCUT2D eigenvalue weighted by Gasteiger charge is 2.20. The fraction of sp³-hybridized carbons (Fsp3) is 0.333. The molecule has 7 nitrogen and oxygen atoms in total. The lowest BCUT2D eigenvalue weighted by Crippen LogP contribution is -2.34. The first kappa shape index (κ1) is 19.6. The van der Waals surface area contributed by atoms with Crippen LogP contribution in [-0.4, -0.2) is 44.1 Å². The zero-order chi connectivity index (χ0) is 19.6. The molecule has 1 aliphatic rings. The average molecular weight is 410 g/mol. The van der Waals surface area contributed by atoms with Crippen LogP contribution in [0.4, 0.5) is 11.4 Å². The molecule has 0 atom stereocenters. The molecule has 0 unspecified atom stereocenters. The van der Waals surface area contributed by atoms with Crippen LogP contribution < -0.4 is 5.32 Å². The van der Waals surface area contributed by atoms with Crippen LogP contribution in [0.25, 0.3) is 0 Å². The van der Waals surface area contributed by atoms with Crippen LogP contribution in [0.3, 0.4) is 0 Å². The minimum absolute atomic E-state index is 0.0655. The first-order valence-electron chi connectivity index (χ1n) is 8.46. The van der Waals surface area contributed by atoms with Gasteiger partial charge >= 0.3 is 0 Å². The molecule has 0 fully saturated rings. The van der Waals surface area contributed by atoms with Crippen LogP contribution >= 0.6 is 11.6 Å². The Morgan fingerprint density at radius 2 is 2.07 bits per heavy atom. The maximum atomic E-state index is 11.6. The molecule has 0 aliphatic carbocycles. The van der Waals surface area contributed by atoms with Gasteiger partial charge in [-0.3, -0.25) is 15.0 Å². The molecule has 1 heterocycles. The van der Waals surface area contributed by atoms with E-state index in [1.807, 2.05) is 12.1 Å². The van der Waals surface area contributed by atoms with Crippen molar-refractivity contribution in [1.29, 1.82) is 0 Å². The highest BCUT2D eigenvalue weighted by atomic mass is 35.5. The SMILES string of the molecule is CS(=O)(=O)c1ccc(NCCN2CCc3c(Cl)cccc3C2)c([N+](=O)[O-])c1. The number of benzene rings is 2. The quantitative estimate of drug-likeness (QED) is 0.582. The Morgan fingerprint density at radius 1 is 1.30 bits per heavy atom. The molecule has 1 aliphatic heterocycles. The summed E-state index contributed by atoms with van der Waals surface area (Å²) in [5.74, 6) is 0. The van der Waals surface area contributed by atoms with E-state index in [9.17, 15) is 18.5 Å². The molecule has 0 spiro atoms. The minimum Gasteiger partial charge on any atom is -0.378 e. The number of halogens is 1. The third kappa shape index (κ3) is 4.58. The van der Waals surface area contributed by atoms with Crippen LogP contribution in [0.5, 0.6) is 0 Å². The number of rotatable bonds is 6. The molecule has 1 N–H and O–H groups in total. The number of fused-ring (bicyclic) bond motifs is 1. The molecule has 2 aromatic carbocycles. The lowest BCUT2D eigenvalue weighted by atomic mass is 10.00. The van der Waals surface area contributed by atoms with Crippen LogP contribution in [-0.2, 0) is 22.8 Å². The lowest BCUT2D eigenvalue weighted by Gasteiger charge is -2.29. The van der Waals surface area contributed by atoms with E-state index >= 15 is 0 Å². The first-order valence-corrected chi connectivity index (χ1v) is 10.7. The summed E-state index contributed by atoms with van der Waals surface area (Å²) in [6.07, 6.45) is 1.90. The predicted octanol–water partition coefficient (Wildman–Crippen LogP) is 3.12. The molecule has 27 heavy (non-hydrogen) atoms. The van der Waals surface area contributed by atoms with Gasteiger partial charge in [-0.25, -0.2) is 8.42 Å². The zero-order valence-corrected chi connectivity index (χ0v) is 16.4. The number of hydrogen-bond donors (Lipinski definition) is 1. The number of nitrogens with one attached hydrogen (secondary N) is 1. The number of anilines is 1. The molecule has 0 radical (unpaired) electrons. The van der Waals surface area contributed by atoms with E-state index in [2.05, 4.69) is 16.3 Å². The topological polar surface area (TPSA) is 92.6 Å². The van der Waals surface area contributed by atoms with Gasteiger partial charge in [0.05, 0.1) is 9.82 Å². The van der Waals surface area contributed by atoms with Gasteiger partial charge in [0.2, 0.25) is 0 Å². The third-order valence-corrected chi connectivity index (χ3v) is 6.09. The summed E-state index contributed by atoms with van der Waals surface area (Å²) in [6.45, 7) is 2.87. The second-order valence-electron chi connectivity index (χ2n) is 6.54. The summed E-state index contributed by atoms with van der Waals surface area (Å²) in [5.41, 5.74) is 2.47. The van der Waals surface area contributed by atoms with Gasteiger partial charge in [0.15, 0.2) is 9.84 Å². The molecule has 0 saturated heterocycles. The molecule has 3 rings (SSSR count). The second-order valence-corrected chi connectivity index (χ2v) is 8.96. The Hall–Kier alpha value is -2.16. The van der Waals surface area contributed by atoms with Crippen LogP contribution in [0.1, 0.15) is 11.1 Å². The van der Waals surface area contributed by atoms with E-state index in [0.29, 0.717) is 18.8 Å². The Kier molecular flexibility index (Phi) is 5.69. The normalized spacial score (nSPS) is 14.6. The molecule has 0 aromatic heterocycles. The third-order valence-electron chi connectivity index (χ3n) is 4.63.